The normalized spacial score (nSPS) is 11.3. The molecule has 0 unspecified atom stereocenters. The second-order valence-electron chi connectivity index (χ2n) is 6.27. The first-order chi connectivity index (χ1) is 11.9. The van der Waals surface area contributed by atoms with Gasteiger partial charge in [0.25, 0.3) is 5.56 Å². The van der Waals surface area contributed by atoms with E-state index >= 15 is 0 Å². The fraction of sp³-hybridized carbons (Fsp3) is 0.421. The van der Waals surface area contributed by atoms with Crippen LogP contribution in [0, 0.1) is 13.8 Å². The minimum atomic E-state index is -0.674. The molecule has 25 heavy (non-hydrogen) atoms. The summed E-state index contributed by atoms with van der Waals surface area (Å²) in [5, 5.41) is 10.5. The lowest BCUT2D eigenvalue weighted by Gasteiger charge is -2.11. The predicted octanol–water partition coefficient (Wildman–Crippen LogP) is 2.85. The molecule has 2 N–H and O–H groups in total. The van der Waals surface area contributed by atoms with Crippen LogP contribution in [0.15, 0.2) is 32.8 Å². The molecule has 0 spiro atoms. The zero-order chi connectivity index (χ0) is 18.4. The van der Waals surface area contributed by atoms with Crippen LogP contribution in [0.1, 0.15) is 49.3 Å². The summed E-state index contributed by atoms with van der Waals surface area (Å²) in [6.45, 7) is 6.53. The number of rotatable bonds is 7. The molecule has 0 radical (unpaired) electrons. The van der Waals surface area contributed by atoms with Gasteiger partial charge in [-0.05, 0) is 43.5 Å². The molecule has 0 saturated carbocycles. The Balaban J connectivity index is 2.38. The third-order valence-corrected chi connectivity index (χ3v) is 3.95. The van der Waals surface area contributed by atoms with Crippen LogP contribution in [-0.4, -0.2) is 27.4 Å². The quantitative estimate of drug-likeness (QED) is 0.598. The van der Waals surface area contributed by atoms with Crippen LogP contribution in [0.5, 0.6) is 5.88 Å². The van der Waals surface area contributed by atoms with E-state index in [4.69, 9.17) is 0 Å². The summed E-state index contributed by atoms with van der Waals surface area (Å²) in [4.78, 5) is 30.7. The van der Waals surface area contributed by atoms with E-state index in [9.17, 15) is 14.7 Å². The van der Waals surface area contributed by atoms with Crippen LogP contribution < -0.4 is 11.2 Å². The Morgan fingerprint density at radius 1 is 1.12 bits per heavy atom. The molecule has 0 amide bonds. The average Bonchev–Trinajstić information content (AvgIpc) is 2.52. The van der Waals surface area contributed by atoms with E-state index in [2.05, 4.69) is 16.9 Å². The lowest BCUT2D eigenvalue weighted by Crippen LogP contribution is -2.31. The van der Waals surface area contributed by atoms with Crippen molar-refractivity contribution < 1.29 is 5.11 Å². The maximum absolute atomic E-state index is 12.2. The number of hydrogen-bond acceptors (Lipinski definition) is 4. The van der Waals surface area contributed by atoms with Crippen LogP contribution in [0.3, 0.4) is 0 Å². The lowest BCUT2D eigenvalue weighted by molar-refractivity contribution is 0.430. The number of nitrogens with one attached hydrogen (secondary N) is 1. The summed E-state index contributed by atoms with van der Waals surface area (Å²) in [7, 11) is 0. The van der Waals surface area contributed by atoms with Gasteiger partial charge in [-0.15, -0.1) is 0 Å². The van der Waals surface area contributed by atoms with Gasteiger partial charge in [0, 0.05) is 12.8 Å². The highest BCUT2D eigenvalue weighted by atomic mass is 16.3. The van der Waals surface area contributed by atoms with Crippen molar-refractivity contribution in [3.63, 3.8) is 0 Å². The summed E-state index contributed by atoms with van der Waals surface area (Å²) in [6, 6.07) is 5.52. The number of hydrogen-bond donors (Lipinski definition) is 2. The Morgan fingerprint density at radius 2 is 1.80 bits per heavy atom. The molecule has 0 aliphatic heterocycles. The molecule has 134 valence electrons. The Labute approximate surface area is 146 Å². The molecule has 2 aromatic rings. The third kappa shape index (κ3) is 4.68. The Kier molecular flexibility index (Phi) is 6.33. The van der Waals surface area contributed by atoms with Gasteiger partial charge in [-0.3, -0.25) is 14.8 Å². The number of H-pyrrole nitrogens is 1. The molecule has 0 atom stereocenters. The minimum absolute atomic E-state index is 0.00532. The zero-order valence-corrected chi connectivity index (χ0v) is 15.0. The fourth-order valence-corrected chi connectivity index (χ4v) is 2.76. The summed E-state index contributed by atoms with van der Waals surface area (Å²) in [5.74, 6) is -0.393. The van der Waals surface area contributed by atoms with E-state index in [1.165, 1.54) is 6.21 Å². The third-order valence-electron chi connectivity index (χ3n) is 3.95. The average molecular weight is 343 g/mol. The van der Waals surface area contributed by atoms with Gasteiger partial charge in [-0.25, -0.2) is 9.36 Å². The van der Waals surface area contributed by atoms with Crippen LogP contribution in [0.2, 0.25) is 0 Å². The number of aromatic hydroxyl groups is 1. The van der Waals surface area contributed by atoms with Crippen molar-refractivity contribution in [3.05, 3.63) is 55.7 Å². The number of aliphatic imine (C=N–C) groups is 1. The van der Waals surface area contributed by atoms with Crippen molar-refractivity contribution in [1.82, 2.24) is 9.55 Å². The van der Waals surface area contributed by atoms with Gasteiger partial charge in [0.2, 0.25) is 5.88 Å². The monoisotopic (exact) mass is 343 g/mol. The predicted molar refractivity (Wildman–Crippen MR) is 100 cm³/mol. The molecule has 0 fully saturated rings. The smallest absolute Gasteiger partial charge is 0.335 e. The Hall–Kier alpha value is -2.63. The van der Waals surface area contributed by atoms with E-state index in [0.29, 0.717) is 12.2 Å². The first-order valence-corrected chi connectivity index (χ1v) is 8.60. The van der Waals surface area contributed by atoms with Crippen molar-refractivity contribution in [2.45, 2.75) is 46.5 Å². The van der Waals surface area contributed by atoms with E-state index in [-0.39, 0.29) is 5.56 Å². The van der Waals surface area contributed by atoms with Gasteiger partial charge in [0.15, 0.2) is 0 Å². The van der Waals surface area contributed by atoms with Gasteiger partial charge >= 0.3 is 5.69 Å². The Bertz CT molecular complexity index is 858. The van der Waals surface area contributed by atoms with Gasteiger partial charge in [-0.1, -0.05) is 32.3 Å². The van der Waals surface area contributed by atoms with Crippen molar-refractivity contribution in [3.8, 4) is 11.6 Å². The van der Waals surface area contributed by atoms with E-state index in [0.717, 1.165) is 41.4 Å². The number of aromatic amines is 1. The standard InChI is InChI=1S/C19H25N3O3/c1-4-5-6-7-8-20-12-16-17(23)21-19(25)22(18(16)24)15-10-13(2)9-14(3)11-15/h9-12,24H,4-8H2,1-3H3,(H,21,23,25). The highest BCUT2D eigenvalue weighted by molar-refractivity contribution is 5.82. The van der Waals surface area contributed by atoms with Crippen molar-refractivity contribution in [2.75, 3.05) is 6.54 Å². The van der Waals surface area contributed by atoms with Crippen LogP contribution in [-0.2, 0) is 0 Å². The lowest BCUT2D eigenvalue weighted by atomic mass is 10.1. The second kappa shape index (κ2) is 8.46. The topological polar surface area (TPSA) is 87.4 Å². The summed E-state index contributed by atoms with van der Waals surface area (Å²) in [6.07, 6.45) is 5.65. The van der Waals surface area contributed by atoms with Crippen molar-refractivity contribution >= 4 is 6.21 Å². The van der Waals surface area contributed by atoms with Crippen molar-refractivity contribution in [1.29, 1.82) is 0 Å². The maximum atomic E-state index is 12.2. The van der Waals surface area contributed by atoms with E-state index in [1.807, 2.05) is 19.9 Å². The van der Waals surface area contributed by atoms with Gasteiger partial charge in [0.1, 0.15) is 5.56 Å². The van der Waals surface area contributed by atoms with Gasteiger partial charge in [-0.2, -0.15) is 0 Å². The first-order valence-electron chi connectivity index (χ1n) is 8.60. The molecule has 0 aliphatic carbocycles. The summed E-state index contributed by atoms with van der Waals surface area (Å²) < 4.78 is 1.10. The van der Waals surface area contributed by atoms with Crippen LogP contribution in [0.4, 0.5) is 0 Å². The van der Waals surface area contributed by atoms with E-state index in [1.54, 1.807) is 12.1 Å². The van der Waals surface area contributed by atoms with Gasteiger partial charge in [0.05, 0.1) is 5.69 Å². The van der Waals surface area contributed by atoms with E-state index < -0.39 is 17.1 Å². The molecule has 0 aliphatic rings. The molecule has 6 heteroatoms. The molecule has 1 aromatic heterocycles. The van der Waals surface area contributed by atoms with Crippen molar-refractivity contribution in [2.24, 2.45) is 4.99 Å². The van der Waals surface area contributed by atoms with Crippen LogP contribution >= 0.6 is 0 Å². The highest BCUT2D eigenvalue weighted by Crippen LogP contribution is 2.18. The summed E-state index contributed by atoms with van der Waals surface area (Å²) in [5.41, 5.74) is 1.11. The molecule has 6 nitrogen and oxygen atoms in total. The Morgan fingerprint density at radius 3 is 2.44 bits per heavy atom. The molecule has 2 rings (SSSR count). The number of unbranched alkanes of at least 4 members (excludes halogenated alkanes) is 3. The fourth-order valence-electron chi connectivity index (χ4n) is 2.76. The molecule has 1 aromatic carbocycles. The number of benzene rings is 1. The number of nitrogens with zero attached hydrogens (tertiary/aromatic N) is 2. The minimum Gasteiger partial charge on any atom is -0.493 e. The number of aromatic nitrogens is 2. The molecule has 0 saturated heterocycles. The molecule has 0 bridgehead atoms. The maximum Gasteiger partial charge on any atom is 0.335 e. The molecular formula is C19H25N3O3. The SMILES string of the molecule is CCCCCCN=Cc1c(O)n(-c2cc(C)cc(C)c2)c(=O)[nH]c1=O. The van der Waals surface area contributed by atoms with Crippen LogP contribution in [0.25, 0.3) is 5.69 Å². The largest absolute Gasteiger partial charge is 0.493 e. The first kappa shape index (κ1) is 18.7. The number of aryl methyl sites for hydroxylation is 2. The second-order valence-corrected chi connectivity index (χ2v) is 6.27. The van der Waals surface area contributed by atoms with Gasteiger partial charge < -0.3 is 5.11 Å². The molecule has 1 heterocycles. The molecular weight excluding hydrogens is 318 g/mol. The zero-order valence-electron chi connectivity index (χ0n) is 15.0. The highest BCUT2D eigenvalue weighted by Gasteiger charge is 2.14. The summed E-state index contributed by atoms with van der Waals surface area (Å²) >= 11 is 0.